The molecule has 0 heterocycles. The average Bonchev–Trinajstić information content (AvgIpc) is 2.65. The maximum atomic E-state index is 10.1. The molecule has 0 radical (unpaired) electrons. The Morgan fingerprint density at radius 2 is 1.58 bits per heavy atom. The van der Waals surface area contributed by atoms with Crippen molar-refractivity contribution in [1.82, 2.24) is 5.32 Å². The van der Waals surface area contributed by atoms with E-state index in [4.69, 9.17) is 4.74 Å². The van der Waals surface area contributed by atoms with E-state index < -0.39 is 12.2 Å². The first-order valence-corrected chi connectivity index (χ1v) is 8.09. The number of nitrogens with one attached hydrogen (secondary N) is 1. The zero-order valence-electron chi connectivity index (χ0n) is 13.7. The number of aliphatic hydroxyl groups is 2. The summed E-state index contributed by atoms with van der Waals surface area (Å²) in [5.74, 6) is 0. The van der Waals surface area contributed by atoms with Gasteiger partial charge in [-0.25, -0.2) is 0 Å². The fraction of sp³-hybridized carbons (Fsp3) is 0.300. The van der Waals surface area contributed by atoms with E-state index in [1.807, 2.05) is 60.7 Å². The SMILES string of the molecule is C=C[C@@H](NCc1ccccc1)[C@H](OCc1ccccc1)[C@@H](O)CO. The van der Waals surface area contributed by atoms with Gasteiger partial charge in [-0.2, -0.15) is 0 Å². The van der Waals surface area contributed by atoms with E-state index in [0.29, 0.717) is 13.2 Å². The largest absolute Gasteiger partial charge is 0.394 e. The van der Waals surface area contributed by atoms with Crippen LogP contribution in [0.4, 0.5) is 0 Å². The number of ether oxygens (including phenoxy) is 1. The Morgan fingerprint density at radius 1 is 1.00 bits per heavy atom. The molecule has 4 heteroatoms. The van der Waals surface area contributed by atoms with Crippen molar-refractivity contribution < 1.29 is 14.9 Å². The first-order chi connectivity index (χ1) is 11.7. The molecule has 3 N–H and O–H groups in total. The van der Waals surface area contributed by atoms with E-state index in [9.17, 15) is 10.2 Å². The lowest BCUT2D eigenvalue weighted by Gasteiger charge is -2.29. The van der Waals surface area contributed by atoms with Crippen LogP contribution < -0.4 is 5.32 Å². The van der Waals surface area contributed by atoms with Crippen molar-refractivity contribution in [3.63, 3.8) is 0 Å². The second kappa shape index (κ2) is 10.0. The number of rotatable bonds is 10. The highest BCUT2D eigenvalue weighted by molar-refractivity contribution is 5.15. The van der Waals surface area contributed by atoms with Crippen molar-refractivity contribution in [2.45, 2.75) is 31.4 Å². The van der Waals surface area contributed by atoms with Gasteiger partial charge in [-0.3, -0.25) is 0 Å². The molecule has 0 amide bonds. The van der Waals surface area contributed by atoms with Crippen LogP contribution in [0, 0.1) is 0 Å². The number of aliphatic hydroxyl groups excluding tert-OH is 2. The molecule has 4 nitrogen and oxygen atoms in total. The second-order valence-corrected chi connectivity index (χ2v) is 5.64. The monoisotopic (exact) mass is 327 g/mol. The summed E-state index contributed by atoms with van der Waals surface area (Å²) in [6.07, 6.45) is 0.133. The fourth-order valence-electron chi connectivity index (χ4n) is 2.49. The molecule has 0 saturated heterocycles. The summed E-state index contributed by atoms with van der Waals surface area (Å²) in [7, 11) is 0. The molecule has 0 spiro atoms. The van der Waals surface area contributed by atoms with Gasteiger partial charge >= 0.3 is 0 Å². The normalized spacial score (nSPS) is 14.8. The van der Waals surface area contributed by atoms with Gasteiger partial charge < -0.3 is 20.3 Å². The summed E-state index contributed by atoms with van der Waals surface area (Å²) in [6, 6.07) is 19.4. The van der Waals surface area contributed by atoms with Crippen LogP contribution in [-0.2, 0) is 17.9 Å². The molecule has 24 heavy (non-hydrogen) atoms. The maximum absolute atomic E-state index is 10.1. The topological polar surface area (TPSA) is 61.7 Å². The molecule has 2 aromatic rings. The third-order valence-corrected chi connectivity index (χ3v) is 3.84. The predicted octanol–water partition coefficient (Wildman–Crippen LogP) is 2.27. The van der Waals surface area contributed by atoms with Gasteiger partial charge in [0, 0.05) is 6.54 Å². The Kier molecular flexibility index (Phi) is 7.65. The fourth-order valence-corrected chi connectivity index (χ4v) is 2.49. The first-order valence-electron chi connectivity index (χ1n) is 8.09. The van der Waals surface area contributed by atoms with E-state index in [0.717, 1.165) is 11.1 Å². The van der Waals surface area contributed by atoms with Gasteiger partial charge in [0.15, 0.2) is 0 Å². The van der Waals surface area contributed by atoms with Gasteiger partial charge in [-0.15, -0.1) is 6.58 Å². The number of benzene rings is 2. The highest BCUT2D eigenvalue weighted by atomic mass is 16.5. The highest BCUT2D eigenvalue weighted by Gasteiger charge is 2.26. The van der Waals surface area contributed by atoms with Crippen molar-refractivity contribution in [1.29, 1.82) is 0 Å². The Hall–Kier alpha value is -1.98. The molecule has 0 saturated carbocycles. The molecule has 0 fully saturated rings. The molecular formula is C20H25NO3. The Labute approximate surface area is 143 Å². The van der Waals surface area contributed by atoms with E-state index in [1.165, 1.54) is 0 Å². The Bertz CT molecular complexity index is 588. The van der Waals surface area contributed by atoms with Crippen LogP contribution in [0.5, 0.6) is 0 Å². The summed E-state index contributed by atoms with van der Waals surface area (Å²) in [5, 5.41) is 22.8. The molecule has 128 valence electrons. The number of hydrogen-bond donors (Lipinski definition) is 3. The lowest BCUT2D eigenvalue weighted by molar-refractivity contribution is -0.0746. The zero-order valence-corrected chi connectivity index (χ0v) is 13.7. The van der Waals surface area contributed by atoms with Gasteiger partial charge in [0.25, 0.3) is 0 Å². The van der Waals surface area contributed by atoms with Gasteiger partial charge in [0.05, 0.1) is 19.3 Å². The van der Waals surface area contributed by atoms with Crippen molar-refractivity contribution >= 4 is 0 Å². The quantitative estimate of drug-likeness (QED) is 0.586. The van der Waals surface area contributed by atoms with Crippen LogP contribution in [0.2, 0.25) is 0 Å². The van der Waals surface area contributed by atoms with E-state index in [-0.39, 0.29) is 12.6 Å². The molecule has 2 aromatic carbocycles. The molecule has 3 atom stereocenters. The standard InChI is InChI=1S/C20H25NO3/c1-2-18(21-13-16-9-5-3-6-10-16)20(19(23)14-22)24-15-17-11-7-4-8-12-17/h2-12,18-23H,1,13-15H2/t18-,19+,20+/m1/s1. The minimum Gasteiger partial charge on any atom is -0.394 e. The third-order valence-electron chi connectivity index (χ3n) is 3.84. The van der Waals surface area contributed by atoms with E-state index in [1.54, 1.807) is 6.08 Å². The summed E-state index contributed by atoms with van der Waals surface area (Å²) in [6.45, 7) is 4.45. The molecule has 0 bridgehead atoms. The molecule has 0 aliphatic rings. The molecule has 2 rings (SSSR count). The maximum Gasteiger partial charge on any atom is 0.105 e. The Morgan fingerprint density at radius 3 is 2.12 bits per heavy atom. The highest BCUT2D eigenvalue weighted by Crippen LogP contribution is 2.12. The number of hydrogen-bond acceptors (Lipinski definition) is 4. The second-order valence-electron chi connectivity index (χ2n) is 5.64. The van der Waals surface area contributed by atoms with Crippen LogP contribution >= 0.6 is 0 Å². The van der Waals surface area contributed by atoms with Crippen LogP contribution in [0.15, 0.2) is 73.3 Å². The molecule has 0 aromatic heterocycles. The van der Waals surface area contributed by atoms with Crippen molar-refractivity contribution in [3.05, 3.63) is 84.4 Å². The summed E-state index contributed by atoms with van der Waals surface area (Å²) in [4.78, 5) is 0. The third kappa shape index (κ3) is 5.58. The smallest absolute Gasteiger partial charge is 0.105 e. The Balaban J connectivity index is 1.99. The van der Waals surface area contributed by atoms with E-state index in [2.05, 4.69) is 11.9 Å². The minimum absolute atomic E-state index is 0.281. The van der Waals surface area contributed by atoms with Crippen molar-refractivity contribution in [2.24, 2.45) is 0 Å². The van der Waals surface area contributed by atoms with Gasteiger partial charge in [0.2, 0.25) is 0 Å². The van der Waals surface area contributed by atoms with Crippen molar-refractivity contribution in [3.8, 4) is 0 Å². The van der Waals surface area contributed by atoms with Gasteiger partial charge in [-0.05, 0) is 11.1 Å². The minimum atomic E-state index is -0.986. The average molecular weight is 327 g/mol. The van der Waals surface area contributed by atoms with Crippen LogP contribution in [0.3, 0.4) is 0 Å². The predicted molar refractivity (Wildman–Crippen MR) is 95.4 cm³/mol. The van der Waals surface area contributed by atoms with Crippen molar-refractivity contribution in [2.75, 3.05) is 6.61 Å². The lowest BCUT2D eigenvalue weighted by Crippen LogP contribution is -2.47. The zero-order chi connectivity index (χ0) is 17.2. The molecular weight excluding hydrogens is 302 g/mol. The molecule has 0 unspecified atom stereocenters. The van der Waals surface area contributed by atoms with Gasteiger partial charge in [0.1, 0.15) is 12.2 Å². The summed E-state index contributed by atoms with van der Waals surface area (Å²) in [5.41, 5.74) is 2.14. The summed E-state index contributed by atoms with van der Waals surface area (Å²) >= 11 is 0. The lowest BCUT2D eigenvalue weighted by atomic mass is 10.0. The molecule has 0 aliphatic heterocycles. The van der Waals surface area contributed by atoms with E-state index >= 15 is 0 Å². The van der Waals surface area contributed by atoms with Crippen LogP contribution in [0.1, 0.15) is 11.1 Å². The molecule has 0 aliphatic carbocycles. The van der Waals surface area contributed by atoms with Crippen LogP contribution in [0.25, 0.3) is 0 Å². The van der Waals surface area contributed by atoms with Gasteiger partial charge in [-0.1, -0.05) is 66.7 Å². The van der Waals surface area contributed by atoms with Crippen LogP contribution in [-0.4, -0.2) is 35.1 Å². The first kappa shape index (κ1) is 18.4. The summed E-state index contributed by atoms with van der Waals surface area (Å²) < 4.78 is 5.88.